The number of anilines is 1. The second-order valence-electron chi connectivity index (χ2n) is 4.23. The molecule has 3 rings (SSSR count). The maximum atomic E-state index is 12.1. The molecular weight excluding hydrogens is 342 g/mol. The average Bonchev–Trinajstić information content (AvgIpc) is 2.87. The smallest absolute Gasteiger partial charge is 0.291 e. The summed E-state index contributed by atoms with van der Waals surface area (Å²) in [5, 5.41) is 4.18. The van der Waals surface area contributed by atoms with E-state index in [0.29, 0.717) is 16.3 Å². The number of carbonyl (C=O) groups excluding carboxylic acids is 1. The quantitative estimate of drug-likeness (QED) is 0.698. The van der Waals surface area contributed by atoms with E-state index in [9.17, 15) is 4.79 Å². The lowest BCUT2D eigenvalue weighted by atomic mass is 10.2. The van der Waals surface area contributed by atoms with Crippen LogP contribution < -0.4 is 5.32 Å². The minimum absolute atomic E-state index is 0.269. The fourth-order valence-electron chi connectivity index (χ4n) is 1.86. The Morgan fingerprint density at radius 2 is 1.95 bits per heavy atom. The summed E-state index contributed by atoms with van der Waals surface area (Å²) in [4.78, 5) is 12.1. The van der Waals surface area contributed by atoms with E-state index in [2.05, 4.69) is 21.2 Å². The Hall–Kier alpha value is -1.78. The molecule has 20 heavy (non-hydrogen) atoms. The van der Waals surface area contributed by atoms with E-state index in [0.717, 1.165) is 9.86 Å². The summed E-state index contributed by atoms with van der Waals surface area (Å²) in [6.45, 7) is 0. The summed E-state index contributed by atoms with van der Waals surface area (Å²) in [6, 6.07) is 14.4. The van der Waals surface area contributed by atoms with Gasteiger partial charge in [-0.15, -0.1) is 0 Å². The number of carbonyl (C=O) groups is 1. The molecule has 2 aromatic carbocycles. The van der Waals surface area contributed by atoms with Crippen molar-refractivity contribution < 1.29 is 9.21 Å². The predicted octanol–water partition coefficient (Wildman–Crippen LogP) is 5.10. The zero-order valence-electron chi connectivity index (χ0n) is 10.2. The van der Waals surface area contributed by atoms with E-state index in [-0.39, 0.29) is 11.7 Å². The molecule has 100 valence electrons. The first-order valence-corrected chi connectivity index (χ1v) is 7.05. The van der Waals surface area contributed by atoms with Gasteiger partial charge in [-0.05, 0) is 46.3 Å². The summed E-state index contributed by atoms with van der Waals surface area (Å²) in [7, 11) is 0. The van der Waals surface area contributed by atoms with Crippen LogP contribution in [0.1, 0.15) is 10.6 Å². The normalized spacial score (nSPS) is 10.7. The van der Waals surface area contributed by atoms with Crippen LogP contribution in [-0.2, 0) is 0 Å². The summed E-state index contributed by atoms with van der Waals surface area (Å²) in [5.74, 6) is -0.0372. The Kier molecular flexibility index (Phi) is 3.51. The minimum atomic E-state index is -0.306. The number of amides is 1. The summed E-state index contributed by atoms with van der Waals surface area (Å²) < 4.78 is 6.28. The SMILES string of the molecule is O=C(Nc1ccc(Br)c(Cl)c1)c1cc2ccccc2o1. The lowest BCUT2D eigenvalue weighted by Gasteiger charge is -2.04. The summed E-state index contributed by atoms with van der Waals surface area (Å²) >= 11 is 9.29. The van der Waals surface area contributed by atoms with Crippen molar-refractivity contribution in [1.29, 1.82) is 0 Å². The monoisotopic (exact) mass is 349 g/mol. The number of benzene rings is 2. The van der Waals surface area contributed by atoms with Crippen LogP contribution in [0.3, 0.4) is 0 Å². The van der Waals surface area contributed by atoms with Crippen LogP contribution in [0.4, 0.5) is 5.69 Å². The molecule has 3 nitrogen and oxygen atoms in total. The van der Waals surface area contributed by atoms with Gasteiger partial charge in [0.25, 0.3) is 5.91 Å². The van der Waals surface area contributed by atoms with E-state index < -0.39 is 0 Å². The molecule has 1 aromatic heterocycles. The van der Waals surface area contributed by atoms with Gasteiger partial charge in [0.15, 0.2) is 5.76 Å². The van der Waals surface area contributed by atoms with Gasteiger partial charge in [-0.3, -0.25) is 4.79 Å². The van der Waals surface area contributed by atoms with Crippen molar-refractivity contribution in [3.05, 3.63) is 63.8 Å². The maximum Gasteiger partial charge on any atom is 0.291 e. The van der Waals surface area contributed by atoms with E-state index in [1.165, 1.54) is 0 Å². The molecule has 1 heterocycles. The predicted molar refractivity (Wildman–Crippen MR) is 83.3 cm³/mol. The molecule has 0 aliphatic heterocycles. The van der Waals surface area contributed by atoms with Gasteiger partial charge < -0.3 is 9.73 Å². The highest BCUT2D eigenvalue weighted by molar-refractivity contribution is 9.10. The van der Waals surface area contributed by atoms with Gasteiger partial charge in [0, 0.05) is 15.5 Å². The fourth-order valence-corrected chi connectivity index (χ4v) is 2.29. The molecule has 5 heteroatoms. The molecule has 0 radical (unpaired) electrons. The van der Waals surface area contributed by atoms with Crippen LogP contribution in [0.5, 0.6) is 0 Å². The van der Waals surface area contributed by atoms with Gasteiger partial charge in [0.1, 0.15) is 5.58 Å². The molecule has 0 aliphatic rings. The number of furan rings is 1. The zero-order valence-corrected chi connectivity index (χ0v) is 12.5. The van der Waals surface area contributed by atoms with Crippen LogP contribution >= 0.6 is 27.5 Å². The lowest BCUT2D eigenvalue weighted by Crippen LogP contribution is -2.10. The molecule has 0 bridgehead atoms. The van der Waals surface area contributed by atoms with Crippen LogP contribution in [0, 0.1) is 0 Å². The summed E-state index contributed by atoms with van der Waals surface area (Å²) in [6.07, 6.45) is 0. The first-order chi connectivity index (χ1) is 9.63. The third-order valence-electron chi connectivity index (χ3n) is 2.83. The molecule has 3 aromatic rings. The van der Waals surface area contributed by atoms with Crippen LogP contribution in [0.25, 0.3) is 11.0 Å². The molecule has 0 spiro atoms. The summed E-state index contributed by atoms with van der Waals surface area (Å²) in [5.41, 5.74) is 1.30. The molecule has 1 N–H and O–H groups in total. The molecule has 1 amide bonds. The topological polar surface area (TPSA) is 42.2 Å². The second-order valence-corrected chi connectivity index (χ2v) is 5.49. The highest BCUT2D eigenvalue weighted by Gasteiger charge is 2.12. The van der Waals surface area contributed by atoms with Crippen molar-refractivity contribution in [2.45, 2.75) is 0 Å². The number of fused-ring (bicyclic) bond motifs is 1. The number of hydrogen-bond donors (Lipinski definition) is 1. The van der Waals surface area contributed by atoms with E-state index >= 15 is 0 Å². The average molecular weight is 351 g/mol. The van der Waals surface area contributed by atoms with E-state index in [1.54, 1.807) is 24.3 Å². The molecule has 0 saturated heterocycles. The third-order valence-corrected chi connectivity index (χ3v) is 4.06. The second kappa shape index (κ2) is 5.31. The van der Waals surface area contributed by atoms with Crippen LogP contribution in [-0.4, -0.2) is 5.91 Å². The maximum absolute atomic E-state index is 12.1. The Labute approximate surface area is 128 Å². The first-order valence-electron chi connectivity index (χ1n) is 5.88. The van der Waals surface area contributed by atoms with E-state index in [1.807, 2.05) is 24.3 Å². The van der Waals surface area contributed by atoms with Gasteiger partial charge in [-0.25, -0.2) is 0 Å². The number of rotatable bonds is 2. The van der Waals surface area contributed by atoms with Gasteiger partial charge in [0.05, 0.1) is 5.02 Å². The molecule has 0 saturated carbocycles. The van der Waals surface area contributed by atoms with Crippen molar-refractivity contribution >= 4 is 50.1 Å². The largest absolute Gasteiger partial charge is 0.451 e. The van der Waals surface area contributed by atoms with Crippen molar-refractivity contribution in [2.75, 3.05) is 5.32 Å². The third kappa shape index (κ3) is 2.57. The molecular formula is C15H9BrClNO2. The Balaban J connectivity index is 1.86. The Bertz CT molecular complexity index is 764. The van der Waals surface area contributed by atoms with Crippen molar-refractivity contribution in [2.24, 2.45) is 0 Å². The molecule has 0 aliphatic carbocycles. The van der Waals surface area contributed by atoms with Crippen molar-refractivity contribution in [3.8, 4) is 0 Å². The number of nitrogens with one attached hydrogen (secondary N) is 1. The first kappa shape index (κ1) is 13.2. The lowest BCUT2D eigenvalue weighted by molar-refractivity contribution is 0.0998. The number of hydrogen-bond acceptors (Lipinski definition) is 2. The van der Waals surface area contributed by atoms with Gasteiger partial charge in [-0.1, -0.05) is 29.8 Å². The fraction of sp³-hybridized carbons (Fsp3) is 0. The Morgan fingerprint density at radius 1 is 1.15 bits per heavy atom. The minimum Gasteiger partial charge on any atom is -0.451 e. The molecule has 0 unspecified atom stereocenters. The van der Waals surface area contributed by atoms with Gasteiger partial charge in [-0.2, -0.15) is 0 Å². The van der Waals surface area contributed by atoms with Crippen molar-refractivity contribution in [3.63, 3.8) is 0 Å². The van der Waals surface area contributed by atoms with E-state index in [4.69, 9.17) is 16.0 Å². The van der Waals surface area contributed by atoms with Crippen LogP contribution in [0.2, 0.25) is 5.02 Å². The number of halogens is 2. The Morgan fingerprint density at radius 3 is 2.70 bits per heavy atom. The standard InChI is InChI=1S/C15H9BrClNO2/c16-11-6-5-10(8-12(11)17)18-15(19)14-7-9-3-1-2-4-13(9)20-14/h1-8H,(H,18,19). The van der Waals surface area contributed by atoms with Crippen LogP contribution in [0.15, 0.2) is 57.4 Å². The molecule has 0 atom stereocenters. The van der Waals surface area contributed by atoms with Crippen molar-refractivity contribution in [1.82, 2.24) is 0 Å². The van der Waals surface area contributed by atoms with Gasteiger partial charge in [0.2, 0.25) is 0 Å². The van der Waals surface area contributed by atoms with Gasteiger partial charge >= 0.3 is 0 Å². The zero-order chi connectivity index (χ0) is 14.1. The highest BCUT2D eigenvalue weighted by Crippen LogP contribution is 2.26. The highest BCUT2D eigenvalue weighted by atomic mass is 79.9. The number of para-hydroxylation sites is 1. The molecule has 0 fully saturated rings.